The van der Waals surface area contributed by atoms with E-state index < -0.39 is 15.9 Å². The average molecular weight is 389 g/mol. The summed E-state index contributed by atoms with van der Waals surface area (Å²) in [5.41, 5.74) is 1.27. The molecule has 9 heteroatoms. The number of rotatable bonds is 5. The molecule has 0 saturated carbocycles. The molecule has 1 aromatic heterocycles. The summed E-state index contributed by atoms with van der Waals surface area (Å²) in [6.07, 6.45) is 2.74. The third-order valence-electron chi connectivity index (χ3n) is 3.03. The molecule has 0 atom stereocenters. The normalized spacial score (nSPS) is 11.0. The van der Waals surface area contributed by atoms with Crippen molar-refractivity contribution in [2.75, 3.05) is 7.11 Å². The van der Waals surface area contributed by atoms with E-state index in [0.29, 0.717) is 22.0 Å². The molecule has 0 N–H and O–H groups in total. The fraction of sp³-hybridized carbons (Fsp3) is 0.125. The number of hydrogen-bond acceptors (Lipinski definition) is 5. The molecule has 1 aromatic carbocycles. The summed E-state index contributed by atoms with van der Waals surface area (Å²) in [7, 11) is -2.59. The van der Waals surface area contributed by atoms with E-state index in [1.807, 2.05) is 0 Å². The summed E-state index contributed by atoms with van der Waals surface area (Å²) >= 11 is 5.81. The molecule has 1 heterocycles. The Hall–Kier alpha value is -1.38. The first-order valence-corrected chi connectivity index (χ1v) is 8.65. The van der Waals surface area contributed by atoms with E-state index in [1.165, 1.54) is 31.5 Å². The van der Waals surface area contributed by atoms with Crippen LogP contribution in [0.1, 0.15) is 21.5 Å². The quantitative estimate of drug-likeness (QED) is 0.699. The summed E-state index contributed by atoms with van der Waals surface area (Å²) in [6.45, 7) is 1.65. The monoisotopic (exact) mass is 388 g/mol. The van der Waals surface area contributed by atoms with Gasteiger partial charge in [-0.2, -0.15) is 0 Å². The van der Waals surface area contributed by atoms with Gasteiger partial charge in [0.05, 0.1) is 13.0 Å². The number of pyridine rings is 1. The van der Waals surface area contributed by atoms with Crippen molar-refractivity contribution in [2.24, 2.45) is 0 Å². The van der Waals surface area contributed by atoms with Gasteiger partial charge < -0.3 is 14.3 Å². The van der Waals surface area contributed by atoms with Crippen molar-refractivity contribution in [1.82, 2.24) is 4.98 Å². The zero-order chi connectivity index (χ0) is 17.7. The van der Waals surface area contributed by atoms with E-state index in [1.54, 1.807) is 25.1 Å². The molecular formula is C16H14ClN2NaO4S. The topological polar surface area (TPSA) is 87.4 Å². The molecule has 0 aliphatic heterocycles. The van der Waals surface area contributed by atoms with Crippen LogP contribution in [0.3, 0.4) is 0 Å². The Morgan fingerprint density at radius 2 is 2.00 bits per heavy atom. The van der Waals surface area contributed by atoms with Crippen LogP contribution in [0.5, 0.6) is 5.88 Å². The molecule has 6 nitrogen and oxygen atoms in total. The third-order valence-corrected chi connectivity index (χ3v) is 4.17. The van der Waals surface area contributed by atoms with Crippen LogP contribution in [-0.2, 0) is 10.0 Å². The predicted molar refractivity (Wildman–Crippen MR) is 92.6 cm³/mol. The number of nitrogens with zero attached hydrogens (tertiary/aromatic N) is 2. The molecule has 2 aromatic rings. The molecular weight excluding hydrogens is 375 g/mol. The molecule has 25 heavy (non-hydrogen) atoms. The van der Waals surface area contributed by atoms with Crippen LogP contribution in [0.15, 0.2) is 41.9 Å². The molecule has 0 spiro atoms. The van der Waals surface area contributed by atoms with Crippen LogP contribution >= 0.6 is 11.6 Å². The van der Waals surface area contributed by atoms with Crippen molar-refractivity contribution in [3.8, 4) is 5.88 Å². The van der Waals surface area contributed by atoms with Crippen molar-refractivity contribution < 1.29 is 47.5 Å². The smallest absolute Gasteiger partial charge is 0.538 e. The van der Waals surface area contributed by atoms with Crippen LogP contribution in [0.25, 0.3) is 10.8 Å². The maximum atomic E-state index is 12.0. The second-order valence-electron chi connectivity index (χ2n) is 4.81. The van der Waals surface area contributed by atoms with Crippen LogP contribution in [0.2, 0.25) is 5.02 Å². The molecule has 0 saturated heterocycles. The Labute approximate surface area is 173 Å². The largest absolute Gasteiger partial charge is 1.00 e. The van der Waals surface area contributed by atoms with E-state index in [9.17, 15) is 13.2 Å². The van der Waals surface area contributed by atoms with Crippen molar-refractivity contribution >= 4 is 33.6 Å². The second kappa shape index (κ2) is 9.35. The Morgan fingerprint density at radius 1 is 1.28 bits per heavy atom. The standard InChI is InChI=1S/C16H15ClN2O4S.Na/c1-11-9-13(17)4-5-14(11)16(20)19-24(21,22)8-7-12-3-6-15(23-2)18-10-12;/h3-10H,1-2H3,(H,19,20);/q;+1/p-1/b8-7+;. The van der Waals surface area contributed by atoms with E-state index >= 15 is 0 Å². The summed E-state index contributed by atoms with van der Waals surface area (Å²) in [4.78, 5) is 16.0. The van der Waals surface area contributed by atoms with Crippen LogP contribution in [0.4, 0.5) is 0 Å². The first-order chi connectivity index (χ1) is 11.3. The van der Waals surface area contributed by atoms with E-state index in [2.05, 4.69) is 9.71 Å². The number of methoxy groups -OCH3 is 1. The summed E-state index contributed by atoms with van der Waals surface area (Å²) in [6, 6.07) is 7.73. The maximum Gasteiger partial charge on any atom is 1.00 e. The molecule has 2 rings (SSSR count). The summed E-state index contributed by atoms with van der Waals surface area (Å²) < 4.78 is 32.1. The Kier molecular flexibility index (Phi) is 8.11. The number of carbonyl (C=O) groups excluding carboxylic acids is 1. The van der Waals surface area contributed by atoms with E-state index in [-0.39, 0.29) is 35.1 Å². The number of aromatic nitrogens is 1. The number of carbonyl (C=O) groups is 1. The zero-order valence-electron chi connectivity index (χ0n) is 13.9. The number of sulfonamides is 1. The van der Waals surface area contributed by atoms with Gasteiger partial charge in [0.1, 0.15) is 10.0 Å². The molecule has 1 amide bonds. The van der Waals surface area contributed by atoms with Gasteiger partial charge in [-0.1, -0.05) is 17.7 Å². The van der Waals surface area contributed by atoms with Gasteiger partial charge in [-0.3, -0.25) is 0 Å². The molecule has 0 bridgehead atoms. The average Bonchev–Trinajstić information content (AvgIpc) is 2.53. The first kappa shape index (κ1) is 21.7. The Bertz CT molecular complexity index is 884. The van der Waals surface area contributed by atoms with E-state index in [4.69, 9.17) is 16.3 Å². The number of amides is 1. The van der Waals surface area contributed by atoms with Gasteiger partial charge in [-0.25, -0.2) is 13.4 Å². The zero-order valence-corrected chi connectivity index (χ0v) is 17.5. The van der Waals surface area contributed by atoms with Crippen molar-refractivity contribution in [1.29, 1.82) is 0 Å². The number of ether oxygens (including phenoxy) is 1. The molecule has 0 aliphatic carbocycles. The van der Waals surface area contributed by atoms with Gasteiger partial charge >= 0.3 is 29.6 Å². The third kappa shape index (κ3) is 6.45. The van der Waals surface area contributed by atoms with E-state index in [0.717, 1.165) is 5.41 Å². The first-order valence-electron chi connectivity index (χ1n) is 6.77. The summed E-state index contributed by atoms with van der Waals surface area (Å²) in [5.74, 6) is -0.435. The van der Waals surface area contributed by atoms with Crippen molar-refractivity contribution in [3.63, 3.8) is 0 Å². The van der Waals surface area contributed by atoms with Gasteiger partial charge in [0.25, 0.3) is 0 Å². The molecule has 126 valence electrons. The number of halogens is 1. The molecule has 0 fully saturated rings. The van der Waals surface area contributed by atoms with Gasteiger partial charge in [-0.15, -0.1) is 0 Å². The van der Waals surface area contributed by atoms with Crippen molar-refractivity contribution in [3.05, 3.63) is 68.4 Å². The number of hydrogen-bond donors (Lipinski definition) is 0. The predicted octanol–water partition coefficient (Wildman–Crippen LogP) is 0.571. The molecule has 0 unspecified atom stereocenters. The van der Waals surface area contributed by atoms with Gasteiger partial charge in [0.15, 0.2) is 0 Å². The minimum absolute atomic E-state index is 0. The molecule has 0 radical (unpaired) electrons. The van der Waals surface area contributed by atoms with Crippen LogP contribution in [0, 0.1) is 6.92 Å². The van der Waals surface area contributed by atoms with Gasteiger partial charge in [-0.05, 0) is 42.3 Å². The maximum absolute atomic E-state index is 12.0. The minimum atomic E-state index is -4.07. The van der Waals surface area contributed by atoms with Gasteiger partial charge in [0.2, 0.25) is 5.88 Å². The van der Waals surface area contributed by atoms with Gasteiger partial charge in [0, 0.05) is 28.3 Å². The number of aryl methyl sites for hydroxylation is 1. The SMILES string of the molecule is COc1ccc(/C=C/S(=O)(=O)[N-]C(=O)c2ccc(Cl)cc2C)cn1.[Na+]. The van der Waals surface area contributed by atoms with Crippen molar-refractivity contribution in [2.45, 2.75) is 6.92 Å². The van der Waals surface area contributed by atoms with Crippen LogP contribution in [-0.4, -0.2) is 26.4 Å². The fourth-order valence-corrected chi connectivity index (χ4v) is 2.78. The fourth-order valence-electron chi connectivity index (χ4n) is 1.84. The van der Waals surface area contributed by atoms with Crippen LogP contribution < -0.4 is 34.3 Å². The Balaban J connectivity index is 0.00000312. The molecule has 0 aliphatic rings. The Morgan fingerprint density at radius 3 is 2.56 bits per heavy atom. The minimum Gasteiger partial charge on any atom is -0.538 e. The number of benzene rings is 1. The summed E-state index contributed by atoms with van der Waals surface area (Å²) in [5, 5.41) is 1.30. The second-order valence-corrected chi connectivity index (χ2v) is 6.73.